The van der Waals surface area contributed by atoms with Crippen LogP contribution in [0.5, 0.6) is 0 Å². The molecule has 0 aromatic carbocycles. The Morgan fingerprint density at radius 2 is 2.12 bits per heavy atom. The van der Waals surface area contributed by atoms with Crippen molar-refractivity contribution in [2.75, 3.05) is 27.4 Å². The molecule has 0 fully saturated rings. The van der Waals surface area contributed by atoms with Gasteiger partial charge in [0.15, 0.2) is 5.25 Å². The summed E-state index contributed by atoms with van der Waals surface area (Å²) in [5, 5.41) is -0.302. The highest BCUT2D eigenvalue weighted by atomic mass is 32.2. The van der Waals surface area contributed by atoms with Crippen molar-refractivity contribution in [3.63, 3.8) is 0 Å². The first-order valence-electron chi connectivity index (χ1n) is 8.08. The van der Waals surface area contributed by atoms with Crippen LogP contribution < -0.4 is 0 Å². The molecule has 2 rings (SSSR count). The van der Waals surface area contributed by atoms with Crippen LogP contribution in [0.4, 0.5) is 0 Å². The highest BCUT2D eigenvalue weighted by molar-refractivity contribution is 8.02. The highest BCUT2D eigenvalue weighted by Gasteiger charge is 2.34. The molecule has 2 heterocycles. The number of aryl methyl sites for hydroxylation is 2. The zero-order valence-corrected chi connectivity index (χ0v) is 16.5. The summed E-state index contributed by atoms with van der Waals surface area (Å²) in [6.45, 7) is 4.78. The molecule has 25 heavy (non-hydrogen) atoms. The van der Waals surface area contributed by atoms with E-state index in [0.717, 1.165) is 18.4 Å². The Labute approximate surface area is 155 Å². The Balaban J connectivity index is 1.99. The number of aliphatic imine (C=N–C) groups is 1. The van der Waals surface area contributed by atoms with Gasteiger partial charge in [0.2, 0.25) is 5.90 Å². The number of esters is 2. The summed E-state index contributed by atoms with van der Waals surface area (Å²) in [4.78, 5) is 29.9. The van der Waals surface area contributed by atoms with Crippen molar-refractivity contribution in [3.05, 3.63) is 21.4 Å². The van der Waals surface area contributed by atoms with Gasteiger partial charge in [-0.3, -0.25) is 9.79 Å². The molecule has 0 saturated heterocycles. The summed E-state index contributed by atoms with van der Waals surface area (Å²) in [6, 6.07) is 1.88. The van der Waals surface area contributed by atoms with Crippen molar-refractivity contribution in [1.82, 2.24) is 0 Å². The lowest BCUT2D eigenvalue weighted by Gasteiger charge is -2.25. The third-order valence-electron chi connectivity index (χ3n) is 3.82. The molecule has 1 aliphatic heterocycles. The average Bonchev–Trinajstić information content (AvgIpc) is 3.00. The molecule has 1 aliphatic rings. The van der Waals surface area contributed by atoms with E-state index >= 15 is 0 Å². The number of thiophene rings is 1. The van der Waals surface area contributed by atoms with Gasteiger partial charge in [-0.15, -0.1) is 23.1 Å². The second-order valence-corrected chi connectivity index (χ2v) is 8.07. The molecule has 2 atom stereocenters. The van der Waals surface area contributed by atoms with Crippen molar-refractivity contribution in [2.45, 2.75) is 37.2 Å². The number of nitrogens with zero attached hydrogens (tertiary/aromatic N) is 1. The fraction of sp³-hybridized carbons (Fsp3) is 0.588. The molecular formula is C17H23NO5S2. The van der Waals surface area contributed by atoms with Gasteiger partial charge < -0.3 is 14.2 Å². The van der Waals surface area contributed by atoms with Gasteiger partial charge in [-0.2, -0.15) is 0 Å². The van der Waals surface area contributed by atoms with Crippen LogP contribution in [0.1, 0.15) is 33.5 Å². The standard InChI is InChI=1S/C17H23NO5S2/c1-5-23-16(19)13-8-10(2)12(25-13)7-6-11-9-18-15(21-3)14(24-11)17(20)22-4/h8,11,14H,5-7,9H2,1-4H3. The van der Waals surface area contributed by atoms with E-state index in [9.17, 15) is 9.59 Å². The first-order valence-corrected chi connectivity index (χ1v) is 9.84. The van der Waals surface area contributed by atoms with Crippen LogP contribution in [0.2, 0.25) is 0 Å². The first-order chi connectivity index (χ1) is 12.0. The van der Waals surface area contributed by atoms with Crippen LogP contribution >= 0.6 is 23.1 Å². The van der Waals surface area contributed by atoms with E-state index in [2.05, 4.69) is 4.99 Å². The molecule has 0 N–H and O–H groups in total. The minimum absolute atomic E-state index is 0.204. The van der Waals surface area contributed by atoms with Gasteiger partial charge in [0.25, 0.3) is 0 Å². The van der Waals surface area contributed by atoms with Crippen molar-refractivity contribution < 1.29 is 23.8 Å². The number of carbonyl (C=O) groups is 2. The Bertz CT molecular complexity index is 655. The minimum Gasteiger partial charge on any atom is -0.483 e. The molecular weight excluding hydrogens is 362 g/mol. The molecule has 0 saturated carbocycles. The predicted molar refractivity (Wildman–Crippen MR) is 99.8 cm³/mol. The molecule has 8 heteroatoms. The van der Waals surface area contributed by atoms with Crippen LogP contribution in [0.15, 0.2) is 11.1 Å². The molecule has 138 valence electrons. The van der Waals surface area contributed by atoms with Gasteiger partial charge >= 0.3 is 11.9 Å². The lowest BCUT2D eigenvalue weighted by molar-refractivity contribution is -0.138. The summed E-state index contributed by atoms with van der Waals surface area (Å²) in [7, 11) is 2.88. The van der Waals surface area contributed by atoms with Gasteiger partial charge in [-0.25, -0.2) is 4.79 Å². The normalized spacial score (nSPS) is 19.9. The number of methoxy groups -OCH3 is 2. The maximum absolute atomic E-state index is 11.9. The fourth-order valence-electron chi connectivity index (χ4n) is 2.53. The van der Waals surface area contributed by atoms with Gasteiger partial charge in [0.05, 0.1) is 27.4 Å². The van der Waals surface area contributed by atoms with Gasteiger partial charge in [-0.1, -0.05) is 0 Å². The number of hydrogen-bond acceptors (Lipinski definition) is 8. The van der Waals surface area contributed by atoms with Crippen LogP contribution in [-0.4, -0.2) is 55.7 Å². The summed E-state index contributed by atoms with van der Waals surface area (Å²) >= 11 is 3.00. The van der Waals surface area contributed by atoms with E-state index < -0.39 is 5.25 Å². The predicted octanol–water partition coefficient (Wildman–Crippen LogP) is 2.87. The van der Waals surface area contributed by atoms with Crippen LogP contribution in [-0.2, 0) is 25.4 Å². The van der Waals surface area contributed by atoms with Crippen molar-refractivity contribution >= 4 is 40.9 Å². The SMILES string of the molecule is CCOC(=O)c1cc(C)c(CCC2CN=C(OC)C(C(=O)OC)S2)s1. The lowest BCUT2D eigenvalue weighted by atomic mass is 10.1. The smallest absolute Gasteiger partial charge is 0.348 e. The molecule has 6 nitrogen and oxygen atoms in total. The Kier molecular flexibility index (Phi) is 7.31. The maximum Gasteiger partial charge on any atom is 0.348 e. The van der Waals surface area contributed by atoms with E-state index in [1.54, 1.807) is 6.92 Å². The number of thioether (sulfide) groups is 1. The lowest BCUT2D eigenvalue weighted by Crippen LogP contribution is -2.36. The molecule has 0 radical (unpaired) electrons. The van der Waals surface area contributed by atoms with Crippen molar-refractivity contribution in [2.24, 2.45) is 4.99 Å². The molecule has 1 aromatic heterocycles. The third kappa shape index (κ3) is 4.98. The second-order valence-electron chi connectivity index (χ2n) is 5.52. The van der Waals surface area contributed by atoms with Crippen molar-refractivity contribution in [3.8, 4) is 0 Å². The van der Waals surface area contributed by atoms with E-state index in [4.69, 9.17) is 14.2 Å². The van der Waals surface area contributed by atoms with Gasteiger partial charge in [-0.05, 0) is 38.3 Å². The average molecular weight is 386 g/mol. The van der Waals surface area contributed by atoms with Gasteiger partial charge in [0.1, 0.15) is 4.88 Å². The van der Waals surface area contributed by atoms with E-state index in [1.165, 1.54) is 42.2 Å². The number of ether oxygens (including phenoxy) is 3. The van der Waals surface area contributed by atoms with E-state index in [-0.39, 0.29) is 17.2 Å². The van der Waals surface area contributed by atoms with E-state index in [1.807, 2.05) is 13.0 Å². The quantitative estimate of drug-likeness (QED) is 0.701. The summed E-state index contributed by atoms with van der Waals surface area (Å²) in [5.41, 5.74) is 1.10. The molecule has 0 aliphatic carbocycles. The third-order valence-corrected chi connectivity index (χ3v) is 6.53. The molecule has 0 amide bonds. The molecule has 2 unspecified atom stereocenters. The largest absolute Gasteiger partial charge is 0.483 e. The van der Waals surface area contributed by atoms with Crippen molar-refractivity contribution in [1.29, 1.82) is 0 Å². The monoisotopic (exact) mass is 385 g/mol. The van der Waals surface area contributed by atoms with Crippen LogP contribution in [0.3, 0.4) is 0 Å². The zero-order chi connectivity index (χ0) is 18.4. The summed E-state index contributed by atoms with van der Waals surface area (Å²) in [5.74, 6) is -0.189. The second kappa shape index (κ2) is 9.24. The number of carbonyl (C=O) groups excluding carboxylic acids is 2. The molecule has 0 bridgehead atoms. The fourth-order valence-corrected chi connectivity index (χ4v) is 4.90. The number of hydrogen-bond donors (Lipinski definition) is 0. The molecule has 0 spiro atoms. The summed E-state index contributed by atoms with van der Waals surface area (Å²) in [6.07, 6.45) is 1.70. The van der Waals surface area contributed by atoms with E-state index in [0.29, 0.717) is 23.9 Å². The molecule has 1 aromatic rings. The van der Waals surface area contributed by atoms with Crippen LogP contribution in [0.25, 0.3) is 0 Å². The minimum atomic E-state index is -0.506. The van der Waals surface area contributed by atoms with Gasteiger partial charge in [0, 0.05) is 10.1 Å². The highest BCUT2D eigenvalue weighted by Crippen LogP contribution is 2.31. The summed E-state index contributed by atoms with van der Waals surface area (Å²) < 4.78 is 15.1. The topological polar surface area (TPSA) is 74.2 Å². The maximum atomic E-state index is 11.9. The Morgan fingerprint density at radius 1 is 1.36 bits per heavy atom. The Morgan fingerprint density at radius 3 is 2.76 bits per heavy atom. The first kappa shape index (κ1) is 19.8. The zero-order valence-electron chi connectivity index (χ0n) is 14.9. The Hall–Kier alpha value is -1.54. The van der Waals surface area contributed by atoms with Crippen LogP contribution in [0, 0.1) is 6.92 Å². The number of rotatable bonds is 6.